The Morgan fingerprint density at radius 1 is 1.33 bits per heavy atom. The van der Waals surface area contributed by atoms with Crippen LogP contribution < -0.4 is 10.5 Å². The van der Waals surface area contributed by atoms with Crippen molar-refractivity contribution in [3.05, 3.63) is 41.2 Å². The molecule has 0 atom stereocenters. The van der Waals surface area contributed by atoms with Gasteiger partial charge in [0.25, 0.3) is 5.91 Å². The molecule has 2 rings (SSSR count). The molecule has 0 bridgehead atoms. The zero-order valence-corrected chi connectivity index (χ0v) is 12.7. The van der Waals surface area contributed by atoms with E-state index in [-0.39, 0.29) is 10.8 Å². The van der Waals surface area contributed by atoms with Gasteiger partial charge in [0.05, 0.1) is 16.7 Å². The second-order valence-electron chi connectivity index (χ2n) is 4.74. The van der Waals surface area contributed by atoms with Crippen molar-refractivity contribution >= 4 is 21.6 Å². The fourth-order valence-corrected chi connectivity index (χ4v) is 2.36. The van der Waals surface area contributed by atoms with Gasteiger partial charge in [0.2, 0.25) is 10.0 Å². The Morgan fingerprint density at radius 2 is 2.00 bits per heavy atom. The molecule has 0 saturated carbocycles. The molecular weight excluding hydrogens is 292 g/mol. The molecule has 7 nitrogen and oxygen atoms in total. The van der Waals surface area contributed by atoms with Crippen molar-refractivity contribution in [2.75, 3.05) is 5.32 Å². The van der Waals surface area contributed by atoms with E-state index in [9.17, 15) is 13.2 Å². The van der Waals surface area contributed by atoms with Crippen LogP contribution >= 0.6 is 0 Å². The number of rotatable bonds is 3. The third kappa shape index (κ3) is 3.11. The van der Waals surface area contributed by atoms with Gasteiger partial charge < -0.3 is 5.32 Å². The number of anilines is 1. The SMILES string of the molecule is Cc1ccc(S(N)(=O)=O)cc1NC(=O)c1cnn(C)c1C. The summed E-state index contributed by atoms with van der Waals surface area (Å²) in [7, 11) is -2.08. The van der Waals surface area contributed by atoms with Crippen LogP contribution in [0.3, 0.4) is 0 Å². The normalized spacial score (nSPS) is 11.4. The molecule has 3 N–H and O–H groups in total. The number of sulfonamides is 1. The highest BCUT2D eigenvalue weighted by atomic mass is 32.2. The first-order valence-electron chi connectivity index (χ1n) is 6.13. The molecule has 0 unspecified atom stereocenters. The molecule has 1 aromatic carbocycles. The van der Waals surface area contributed by atoms with Gasteiger partial charge in [0.1, 0.15) is 0 Å². The molecule has 0 radical (unpaired) electrons. The van der Waals surface area contributed by atoms with Crippen molar-refractivity contribution in [2.24, 2.45) is 12.2 Å². The molecule has 0 fully saturated rings. The third-order valence-electron chi connectivity index (χ3n) is 3.27. The number of benzene rings is 1. The van der Waals surface area contributed by atoms with E-state index in [1.54, 1.807) is 31.6 Å². The average molecular weight is 308 g/mol. The van der Waals surface area contributed by atoms with Gasteiger partial charge in [-0.25, -0.2) is 13.6 Å². The summed E-state index contributed by atoms with van der Waals surface area (Å²) >= 11 is 0. The van der Waals surface area contributed by atoms with Crippen LogP contribution in [-0.4, -0.2) is 24.1 Å². The summed E-state index contributed by atoms with van der Waals surface area (Å²) in [5, 5.41) is 11.8. The number of hydrogen-bond acceptors (Lipinski definition) is 4. The van der Waals surface area contributed by atoms with E-state index >= 15 is 0 Å². The molecule has 0 aliphatic rings. The van der Waals surface area contributed by atoms with Crippen LogP contribution in [0.25, 0.3) is 0 Å². The molecular formula is C13H16N4O3S. The number of primary sulfonamides is 1. The quantitative estimate of drug-likeness (QED) is 0.879. The number of amides is 1. The zero-order chi connectivity index (χ0) is 15.8. The van der Waals surface area contributed by atoms with Gasteiger partial charge in [0.15, 0.2) is 0 Å². The number of carbonyl (C=O) groups excluding carboxylic acids is 1. The Bertz CT molecular complexity index is 809. The average Bonchev–Trinajstić information content (AvgIpc) is 2.71. The predicted molar refractivity (Wildman–Crippen MR) is 78.5 cm³/mol. The van der Waals surface area contributed by atoms with Crippen LogP contribution in [0.5, 0.6) is 0 Å². The van der Waals surface area contributed by atoms with Crippen LogP contribution in [0.4, 0.5) is 5.69 Å². The van der Waals surface area contributed by atoms with Crippen LogP contribution in [0.2, 0.25) is 0 Å². The Labute approximate surface area is 122 Å². The van der Waals surface area contributed by atoms with Crippen molar-refractivity contribution in [3.8, 4) is 0 Å². The lowest BCUT2D eigenvalue weighted by atomic mass is 10.2. The third-order valence-corrected chi connectivity index (χ3v) is 4.18. The van der Waals surface area contributed by atoms with Crippen LogP contribution in [0, 0.1) is 13.8 Å². The Kier molecular flexibility index (Phi) is 3.84. The topological polar surface area (TPSA) is 107 Å². The van der Waals surface area contributed by atoms with Gasteiger partial charge in [0, 0.05) is 18.4 Å². The van der Waals surface area contributed by atoms with Gasteiger partial charge in [-0.15, -0.1) is 0 Å². The monoisotopic (exact) mass is 308 g/mol. The maximum atomic E-state index is 12.2. The molecule has 8 heteroatoms. The molecule has 0 aliphatic carbocycles. The predicted octanol–water partition coefficient (Wildman–Crippen LogP) is 0.937. The van der Waals surface area contributed by atoms with E-state index in [2.05, 4.69) is 10.4 Å². The lowest BCUT2D eigenvalue weighted by Gasteiger charge is -2.09. The van der Waals surface area contributed by atoms with Gasteiger partial charge in [-0.1, -0.05) is 6.07 Å². The molecule has 112 valence electrons. The summed E-state index contributed by atoms with van der Waals surface area (Å²) in [6, 6.07) is 4.33. The Hall–Kier alpha value is -2.19. The van der Waals surface area contributed by atoms with Crippen molar-refractivity contribution in [1.82, 2.24) is 9.78 Å². The van der Waals surface area contributed by atoms with Crippen molar-refractivity contribution in [3.63, 3.8) is 0 Å². The van der Waals surface area contributed by atoms with E-state index in [1.807, 2.05) is 0 Å². The number of carbonyl (C=O) groups is 1. The maximum absolute atomic E-state index is 12.2. The first kappa shape index (κ1) is 15.2. The largest absolute Gasteiger partial charge is 0.322 e. The maximum Gasteiger partial charge on any atom is 0.259 e. The minimum Gasteiger partial charge on any atom is -0.322 e. The summed E-state index contributed by atoms with van der Waals surface area (Å²) in [5.41, 5.74) is 2.28. The van der Waals surface area contributed by atoms with E-state index in [0.717, 1.165) is 5.56 Å². The summed E-state index contributed by atoms with van der Waals surface area (Å²) in [6.45, 7) is 3.54. The Morgan fingerprint density at radius 3 is 2.52 bits per heavy atom. The number of aryl methyl sites for hydroxylation is 2. The van der Waals surface area contributed by atoms with Crippen molar-refractivity contribution < 1.29 is 13.2 Å². The second-order valence-corrected chi connectivity index (χ2v) is 6.30. The lowest BCUT2D eigenvalue weighted by molar-refractivity contribution is 0.102. The van der Waals surface area contributed by atoms with Crippen LogP contribution in [0.1, 0.15) is 21.6 Å². The van der Waals surface area contributed by atoms with E-state index in [4.69, 9.17) is 5.14 Å². The van der Waals surface area contributed by atoms with Crippen molar-refractivity contribution in [2.45, 2.75) is 18.7 Å². The number of nitrogens with zero attached hydrogens (tertiary/aromatic N) is 2. The van der Waals surface area contributed by atoms with Gasteiger partial charge in [-0.3, -0.25) is 9.48 Å². The highest BCUT2D eigenvalue weighted by Gasteiger charge is 2.15. The molecule has 1 amide bonds. The van der Waals surface area contributed by atoms with Crippen LogP contribution in [0.15, 0.2) is 29.3 Å². The second kappa shape index (κ2) is 5.30. The first-order valence-corrected chi connectivity index (χ1v) is 7.68. The number of nitrogens with two attached hydrogens (primary N) is 1. The summed E-state index contributed by atoms with van der Waals surface area (Å²) in [4.78, 5) is 12.2. The van der Waals surface area contributed by atoms with Gasteiger partial charge in [-0.05, 0) is 31.5 Å². The lowest BCUT2D eigenvalue weighted by Crippen LogP contribution is -2.16. The molecule has 0 aliphatic heterocycles. The minimum absolute atomic E-state index is 0.0497. The van der Waals surface area contributed by atoms with Gasteiger partial charge in [-0.2, -0.15) is 5.10 Å². The smallest absolute Gasteiger partial charge is 0.259 e. The van der Waals surface area contributed by atoms with E-state index in [1.165, 1.54) is 18.3 Å². The standard InChI is InChI=1S/C13H16N4O3S/c1-8-4-5-10(21(14,19)20)6-12(8)16-13(18)11-7-15-17(3)9(11)2/h4-7H,1-3H3,(H,16,18)(H2,14,19,20). The molecule has 2 aromatic rings. The molecule has 1 heterocycles. The minimum atomic E-state index is -3.81. The highest BCUT2D eigenvalue weighted by Crippen LogP contribution is 2.20. The number of hydrogen-bond donors (Lipinski definition) is 2. The molecule has 0 saturated heterocycles. The highest BCUT2D eigenvalue weighted by molar-refractivity contribution is 7.89. The molecule has 0 spiro atoms. The van der Waals surface area contributed by atoms with E-state index in [0.29, 0.717) is 16.9 Å². The fourth-order valence-electron chi connectivity index (χ4n) is 1.82. The molecule has 21 heavy (non-hydrogen) atoms. The zero-order valence-electron chi connectivity index (χ0n) is 11.9. The number of nitrogens with one attached hydrogen (secondary N) is 1. The molecule has 1 aromatic heterocycles. The summed E-state index contributed by atoms with van der Waals surface area (Å²) in [5.74, 6) is -0.352. The number of aromatic nitrogens is 2. The fraction of sp³-hybridized carbons (Fsp3) is 0.231. The first-order chi connectivity index (χ1) is 9.70. The van der Waals surface area contributed by atoms with E-state index < -0.39 is 10.0 Å². The Balaban J connectivity index is 2.35. The van der Waals surface area contributed by atoms with Gasteiger partial charge >= 0.3 is 0 Å². The summed E-state index contributed by atoms with van der Waals surface area (Å²) < 4.78 is 24.3. The van der Waals surface area contributed by atoms with Crippen LogP contribution in [-0.2, 0) is 17.1 Å². The van der Waals surface area contributed by atoms with Crippen molar-refractivity contribution in [1.29, 1.82) is 0 Å². The summed E-state index contributed by atoms with van der Waals surface area (Å²) in [6.07, 6.45) is 1.46.